The second-order valence-electron chi connectivity index (χ2n) is 3.52. The van der Waals surface area contributed by atoms with E-state index >= 15 is 0 Å². The van der Waals surface area contributed by atoms with E-state index in [1.807, 2.05) is 0 Å². The maximum Gasteiger partial charge on any atom is 0.323 e. The quantitative estimate of drug-likeness (QED) is 0.543. The molecular formula is C9H12N6O2. The van der Waals surface area contributed by atoms with E-state index in [-0.39, 0.29) is 18.1 Å². The molecule has 0 bridgehead atoms. The molecule has 5 N–H and O–H groups in total. The van der Waals surface area contributed by atoms with Gasteiger partial charge in [0.1, 0.15) is 11.5 Å². The number of carbonyl (C=O) groups is 1. The summed E-state index contributed by atoms with van der Waals surface area (Å²) in [6, 6.07) is 0. The summed E-state index contributed by atoms with van der Waals surface area (Å²) in [6.45, 7) is 0.256. The number of anilines is 1. The van der Waals surface area contributed by atoms with Crippen LogP contribution in [0.3, 0.4) is 0 Å². The van der Waals surface area contributed by atoms with E-state index in [2.05, 4.69) is 20.4 Å². The lowest BCUT2D eigenvalue weighted by atomic mass is 10.3. The van der Waals surface area contributed by atoms with E-state index in [4.69, 9.17) is 5.73 Å². The Labute approximate surface area is 95.8 Å². The molecule has 0 aromatic carbocycles. The predicted molar refractivity (Wildman–Crippen MR) is 60.2 cm³/mol. The smallest absolute Gasteiger partial charge is 0.323 e. The molecular weight excluding hydrogens is 224 g/mol. The Bertz CT molecular complexity index is 593. The average Bonchev–Trinajstić information content (AvgIpc) is 2.86. The number of H-pyrrole nitrogens is 2. The zero-order valence-electron chi connectivity index (χ0n) is 9.15. The molecule has 0 unspecified atom stereocenters. The van der Waals surface area contributed by atoms with Gasteiger partial charge in [-0.15, -0.1) is 0 Å². The summed E-state index contributed by atoms with van der Waals surface area (Å²) in [5, 5.41) is 6.57. The molecule has 1 amide bonds. The van der Waals surface area contributed by atoms with Crippen molar-refractivity contribution < 1.29 is 4.79 Å². The number of nitrogens with one attached hydrogen (secondary N) is 3. The maximum absolute atomic E-state index is 11.6. The Morgan fingerprint density at radius 3 is 2.94 bits per heavy atom. The van der Waals surface area contributed by atoms with Crippen LogP contribution >= 0.6 is 0 Å². The van der Waals surface area contributed by atoms with E-state index in [1.54, 1.807) is 13.2 Å². The fourth-order valence-corrected chi connectivity index (χ4v) is 1.35. The number of nitrogens with two attached hydrogens (primary N) is 1. The molecule has 0 fully saturated rings. The van der Waals surface area contributed by atoms with Crippen molar-refractivity contribution in [2.24, 2.45) is 7.05 Å². The number of nitrogens with zero attached hydrogens (tertiary/aromatic N) is 2. The summed E-state index contributed by atoms with van der Waals surface area (Å²) in [5.74, 6) is 0.111. The third kappa shape index (κ3) is 2.19. The first kappa shape index (κ1) is 11.0. The van der Waals surface area contributed by atoms with Crippen molar-refractivity contribution >= 4 is 11.7 Å². The van der Waals surface area contributed by atoms with Crippen LogP contribution in [-0.2, 0) is 13.6 Å². The van der Waals surface area contributed by atoms with Crippen molar-refractivity contribution in [3.05, 3.63) is 34.1 Å². The fraction of sp³-hybridized carbons (Fsp3) is 0.222. The number of aromatic nitrogens is 4. The van der Waals surface area contributed by atoms with Crippen molar-refractivity contribution in [2.75, 3.05) is 5.73 Å². The topological polar surface area (TPSA) is 122 Å². The van der Waals surface area contributed by atoms with Crippen LogP contribution in [0.2, 0.25) is 0 Å². The second kappa shape index (κ2) is 4.16. The molecule has 0 spiro atoms. The van der Waals surface area contributed by atoms with E-state index < -0.39 is 5.69 Å². The number of imidazole rings is 1. The van der Waals surface area contributed by atoms with Gasteiger partial charge in [-0.1, -0.05) is 0 Å². The van der Waals surface area contributed by atoms with Gasteiger partial charge in [-0.25, -0.2) is 4.79 Å². The Balaban J connectivity index is 2.01. The number of nitrogen functional groups attached to an aromatic ring is 1. The molecule has 2 heterocycles. The van der Waals surface area contributed by atoms with Gasteiger partial charge in [0, 0.05) is 25.4 Å². The van der Waals surface area contributed by atoms with Gasteiger partial charge in [0.25, 0.3) is 5.91 Å². The Morgan fingerprint density at radius 2 is 2.41 bits per heavy atom. The summed E-state index contributed by atoms with van der Waals surface area (Å²) in [7, 11) is 1.71. The van der Waals surface area contributed by atoms with Crippen molar-refractivity contribution in [1.29, 1.82) is 0 Å². The predicted octanol–water partition coefficient (Wildman–Crippen LogP) is -1.05. The summed E-state index contributed by atoms with van der Waals surface area (Å²) < 4.78 is 1.51. The average molecular weight is 236 g/mol. The molecule has 2 aromatic heterocycles. The first-order valence-electron chi connectivity index (χ1n) is 4.90. The van der Waals surface area contributed by atoms with E-state index in [0.29, 0.717) is 5.82 Å². The lowest BCUT2D eigenvalue weighted by molar-refractivity contribution is 0.0946. The lowest BCUT2D eigenvalue weighted by Gasteiger charge is -2.02. The number of aryl methyl sites for hydroxylation is 1. The first-order valence-corrected chi connectivity index (χ1v) is 4.90. The minimum absolute atomic E-state index is 0.178. The molecule has 2 rings (SSSR count). The van der Waals surface area contributed by atoms with Gasteiger partial charge >= 0.3 is 5.69 Å². The standard InChI is InChI=1S/C9H12N6O2/c1-15-7(10)5(3-13-15)2-11-8(16)6-4-12-9(17)14-6/h3-4H,2,10H2,1H3,(H,11,16)(H2,12,14,17). The van der Waals surface area contributed by atoms with Crippen LogP contribution in [0.4, 0.5) is 5.82 Å². The van der Waals surface area contributed by atoms with Crippen LogP contribution in [-0.4, -0.2) is 25.7 Å². The number of hydrogen-bond donors (Lipinski definition) is 4. The maximum atomic E-state index is 11.6. The minimum Gasteiger partial charge on any atom is -0.384 e. The van der Waals surface area contributed by atoms with Crippen LogP contribution in [0.1, 0.15) is 16.1 Å². The highest BCUT2D eigenvalue weighted by atomic mass is 16.2. The van der Waals surface area contributed by atoms with Gasteiger partial charge < -0.3 is 21.0 Å². The summed E-state index contributed by atoms with van der Waals surface area (Å²) in [4.78, 5) is 27.1. The highest BCUT2D eigenvalue weighted by Gasteiger charge is 2.09. The number of aromatic amines is 2. The molecule has 17 heavy (non-hydrogen) atoms. The molecule has 0 aliphatic heterocycles. The molecule has 0 aliphatic rings. The van der Waals surface area contributed by atoms with Gasteiger partial charge in [0.05, 0.1) is 6.20 Å². The number of hydrogen-bond acceptors (Lipinski definition) is 4. The molecule has 0 saturated heterocycles. The largest absolute Gasteiger partial charge is 0.384 e. The summed E-state index contributed by atoms with van der Waals surface area (Å²) in [6.07, 6.45) is 2.89. The second-order valence-corrected chi connectivity index (χ2v) is 3.52. The first-order chi connectivity index (χ1) is 8.08. The molecule has 8 heteroatoms. The Kier molecular flexibility index (Phi) is 2.69. The molecule has 8 nitrogen and oxygen atoms in total. The third-order valence-corrected chi connectivity index (χ3v) is 2.34. The van der Waals surface area contributed by atoms with Gasteiger partial charge in [-0.05, 0) is 0 Å². The lowest BCUT2D eigenvalue weighted by Crippen LogP contribution is -2.24. The number of amides is 1. The van der Waals surface area contributed by atoms with Crippen LogP contribution < -0.4 is 16.7 Å². The molecule has 2 aromatic rings. The van der Waals surface area contributed by atoms with Gasteiger partial charge in [-0.3, -0.25) is 9.48 Å². The minimum atomic E-state index is -0.420. The van der Waals surface area contributed by atoms with Crippen molar-refractivity contribution in [2.45, 2.75) is 6.54 Å². The Hall–Kier alpha value is -2.51. The zero-order valence-corrected chi connectivity index (χ0v) is 9.15. The molecule has 90 valence electrons. The summed E-state index contributed by atoms with van der Waals surface area (Å²) >= 11 is 0. The van der Waals surface area contributed by atoms with Gasteiger partial charge in [-0.2, -0.15) is 5.10 Å². The van der Waals surface area contributed by atoms with Crippen molar-refractivity contribution in [3.8, 4) is 0 Å². The zero-order chi connectivity index (χ0) is 12.4. The monoisotopic (exact) mass is 236 g/mol. The van der Waals surface area contributed by atoms with Gasteiger partial charge in [0.15, 0.2) is 0 Å². The third-order valence-electron chi connectivity index (χ3n) is 2.34. The van der Waals surface area contributed by atoms with Crippen LogP contribution in [0.25, 0.3) is 0 Å². The normalized spacial score (nSPS) is 10.4. The van der Waals surface area contributed by atoms with Crippen LogP contribution in [0.5, 0.6) is 0 Å². The molecule has 0 aliphatic carbocycles. The SMILES string of the molecule is Cn1ncc(CNC(=O)c2c[nH]c(=O)[nH]2)c1N. The molecule has 0 atom stereocenters. The van der Waals surface area contributed by atoms with E-state index in [9.17, 15) is 9.59 Å². The molecule has 0 radical (unpaired) electrons. The van der Waals surface area contributed by atoms with Crippen LogP contribution in [0, 0.1) is 0 Å². The fourth-order valence-electron chi connectivity index (χ4n) is 1.35. The highest BCUT2D eigenvalue weighted by Crippen LogP contribution is 2.08. The van der Waals surface area contributed by atoms with E-state index in [1.165, 1.54) is 10.9 Å². The Morgan fingerprint density at radius 1 is 1.65 bits per heavy atom. The van der Waals surface area contributed by atoms with E-state index in [0.717, 1.165) is 5.56 Å². The van der Waals surface area contributed by atoms with Gasteiger partial charge in [0.2, 0.25) is 0 Å². The van der Waals surface area contributed by atoms with Crippen LogP contribution in [0.15, 0.2) is 17.2 Å². The number of carbonyl (C=O) groups excluding carboxylic acids is 1. The molecule has 0 saturated carbocycles. The van der Waals surface area contributed by atoms with Crippen molar-refractivity contribution in [1.82, 2.24) is 25.1 Å². The summed E-state index contributed by atoms with van der Waals surface area (Å²) in [5.41, 5.74) is 6.20. The van der Waals surface area contributed by atoms with Crippen molar-refractivity contribution in [3.63, 3.8) is 0 Å². The number of rotatable bonds is 3. The highest BCUT2D eigenvalue weighted by molar-refractivity contribution is 5.91.